The number of hydrogen-bond donors (Lipinski definition) is 0. The first-order valence-corrected chi connectivity index (χ1v) is 9.86. The van der Waals surface area contributed by atoms with Crippen molar-refractivity contribution in [3.8, 4) is 0 Å². The molecular formula is C21H30N4O2. The predicted octanol–water partition coefficient (Wildman–Crippen LogP) is 3.67. The molecule has 0 N–H and O–H groups in total. The summed E-state index contributed by atoms with van der Waals surface area (Å²) in [5.41, 5.74) is 1.24. The number of piperazine rings is 1. The van der Waals surface area contributed by atoms with E-state index in [1.165, 1.54) is 5.56 Å². The first-order valence-electron chi connectivity index (χ1n) is 9.86. The average Bonchev–Trinajstić information content (AvgIpc) is 3.17. The highest BCUT2D eigenvalue weighted by Gasteiger charge is 2.27. The van der Waals surface area contributed by atoms with Crippen molar-refractivity contribution < 1.29 is 9.21 Å². The van der Waals surface area contributed by atoms with E-state index in [-0.39, 0.29) is 17.7 Å². The third-order valence-corrected chi connectivity index (χ3v) is 5.25. The summed E-state index contributed by atoms with van der Waals surface area (Å²) in [6, 6.07) is 10.9. The highest BCUT2D eigenvalue weighted by molar-refractivity contribution is 5.77. The minimum absolute atomic E-state index is 0.222. The van der Waals surface area contributed by atoms with E-state index in [9.17, 15) is 4.79 Å². The van der Waals surface area contributed by atoms with Gasteiger partial charge in [0.05, 0.1) is 0 Å². The van der Waals surface area contributed by atoms with Crippen molar-refractivity contribution >= 4 is 11.9 Å². The second kappa shape index (κ2) is 8.55. The summed E-state index contributed by atoms with van der Waals surface area (Å²) < 4.78 is 5.73. The van der Waals surface area contributed by atoms with Crippen molar-refractivity contribution in [2.75, 3.05) is 31.1 Å². The number of rotatable bonds is 6. The lowest BCUT2D eigenvalue weighted by atomic mass is 9.85. The van der Waals surface area contributed by atoms with E-state index >= 15 is 0 Å². The summed E-state index contributed by atoms with van der Waals surface area (Å²) in [6.45, 7) is 11.3. The molecule has 0 aliphatic carbocycles. The Morgan fingerprint density at radius 1 is 1.04 bits per heavy atom. The van der Waals surface area contributed by atoms with Crippen molar-refractivity contribution in [1.82, 2.24) is 15.1 Å². The molecule has 1 aliphatic rings. The minimum atomic E-state index is 0.222. The van der Waals surface area contributed by atoms with E-state index in [0.717, 1.165) is 13.1 Å². The number of benzene rings is 1. The highest BCUT2D eigenvalue weighted by atomic mass is 16.4. The Kier molecular flexibility index (Phi) is 6.14. The van der Waals surface area contributed by atoms with Crippen LogP contribution in [0, 0.1) is 5.92 Å². The van der Waals surface area contributed by atoms with Crippen LogP contribution in [-0.2, 0) is 4.79 Å². The smallest absolute Gasteiger partial charge is 0.318 e. The summed E-state index contributed by atoms with van der Waals surface area (Å²) in [5.74, 6) is 1.78. The van der Waals surface area contributed by atoms with Gasteiger partial charge in [-0.2, -0.15) is 0 Å². The van der Waals surface area contributed by atoms with Gasteiger partial charge in [-0.15, -0.1) is 5.10 Å². The van der Waals surface area contributed by atoms with Crippen molar-refractivity contribution in [1.29, 1.82) is 0 Å². The van der Waals surface area contributed by atoms with Gasteiger partial charge in [0.25, 0.3) is 0 Å². The molecule has 1 saturated heterocycles. The zero-order valence-electron chi connectivity index (χ0n) is 16.8. The van der Waals surface area contributed by atoms with Crippen LogP contribution >= 0.6 is 0 Å². The number of carbonyl (C=O) groups is 1. The molecule has 1 aliphatic heterocycles. The molecule has 146 valence electrons. The lowest BCUT2D eigenvalue weighted by Gasteiger charge is -2.34. The fourth-order valence-corrected chi connectivity index (χ4v) is 3.49. The van der Waals surface area contributed by atoms with Crippen molar-refractivity contribution in [3.63, 3.8) is 0 Å². The van der Waals surface area contributed by atoms with Crippen LogP contribution in [0.3, 0.4) is 0 Å². The Bertz CT molecular complexity index is 734. The Hall–Kier alpha value is -2.37. The second-order valence-electron chi connectivity index (χ2n) is 7.91. The molecule has 0 saturated carbocycles. The molecule has 6 nitrogen and oxygen atoms in total. The molecule has 1 aromatic heterocycles. The van der Waals surface area contributed by atoms with Gasteiger partial charge >= 0.3 is 6.01 Å². The Labute approximate surface area is 161 Å². The molecule has 27 heavy (non-hydrogen) atoms. The molecule has 0 spiro atoms. The summed E-state index contributed by atoms with van der Waals surface area (Å²) in [4.78, 5) is 16.9. The highest BCUT2D eigenvalue weighted by Crippen LogP contribution is 2.29. The fraction of sp³-hybridized carbons (Fsp3) is 0.571. The lowest BCUT2D eigenvalue weighted by molar-refractivity contribution is -0.132. The number of amides is 1. The van der Waals surface area contributed by atoms with Crippen LogP contribution in [0.5, 0.6) is 0 Å². The standard InChI is InChI=1S/C21H30N4O2/c1-15(2)18(17-8-6-5-7-9-17)14-19(26)24-10-12-25(13-11-24)21-23-22-20(27-21)16(3)4/h5-9,15-16,18H,10-14H2,1-4H3. The summed E-state index contributed by atoms with van der Waals surface area (Å²) >= 11 is 0. The average molecular weight is 370 g/mol. The molecule has 0 radical (unpaired) electrons. The summed E-state index contributed by atoms with van der Waals surface area (Å²) in [6.07, 6.45) is 0.555. The maximum atomic E-state index is 12.9. The van der Waals surface area contributed by atoms with Gasteiger partial charge in [0.1, 0.15) is 0 Å². The van der Waals surface area contributed by atoms with Crippen LogP contribution in [0.15, 0.2) is 34.7 Å². The summed E-state index contributed by atoms with van der Waals surface area (Å²) in [7, 11) is 0. The van der Waals surface area contributed by atoms with E-state index in [1.54, 1.807) is 0 Å². The zero-order chi connectivity index (χ0) is 19.4. The Balaban J connectivity index is 1.57. The van der Waals surface area contributed by atoms with E-state index in [2.05, 4.69) is 41.1 Å². The van der Waals surface area contributed by atoms with Crippen LogP contribution in [-0.4, -0.2) is 47.2 Å². The zero-order valence-corrected chi connectivity index (χ0v) is 16.8. The van der Waals surface area contributed by atoms with Gasteiger partial charge < -0.3 is 14.2 Å². The van der Waals surface area contributed by atoms with Crippen LogP contribution < -0.4 is 4.90 Å². The SMILES string of the molecule is CC(C)c1nnc(N2CCN(C(=O)CC(c3ccccc3)C(C)C)CC2)o1. The van der Waals surface area contributed by atoms with Gasteiger partial charge in [0.15, 0.2) is 0 Å². The van der Waals surface area contributed by atoms with Gasteiger partial charge in [0, 0.05) is 38.5 Å². The molecule has 1 unspecified atom stereocenters. The van der Waals surface area contributed by atoms with E-state index in [0.29, 0.717) is 37.3 Å². The Morgan fingerprint density at radius 2 is 1.70 bits per heavy atom. The van der Waals surface area contributed by atoms with Crippen LogP contribution in [0.2, 0.25) is 0 Å². The van der Waals surface area contributed by atoms with E-state index in [4.69, 9.17) is 4.42 Å². The van der Waals surface area contributed by atoms with E-state index in [1.807, 2.05) is 36.9 Å². The number of hydrogen-bond acceptors (Lipinski definition) is 5. The van der Waals surface area contributed by atoms with Crippen LogP contribution in [0.25, 0.3) is 0 Å². The second-order valence-corrected chi connectivity index (χ2v) is 7.91. The molecule has 3 rings (SSSR count). The number of carbonyl (C=O) groups excluding carboxylic acids is 1. The molecule has 0 bridgehead atoms. The molecule has 2 aromatic rings. The number of nitrogens with zero attached hydrogens (tertiary/aromatic N) is 4. The lowest BCUT2D eigenvalue weighted by Crippen LogP contribution is -2.49. The number of anilines is 1. The third-order valence-electron chi connectivity index (χ3n) is 5.25. The monoisotopic (exact) mass is 370 g/mol. The summed E-state index contributed by atoms with van der Waals surface area (Å²) in [5, 5.41) is 8.25. The van der Waals surface area contributed by atoms with Crippen LogP contribution in [0.1, 0.15) is 57.4 Å². The van der Waals surface area contributed by atoms with Gasteiger partial charge in [0.2, 0.25) is 11.8 Å². The van der Waals surface area contributed by atoms with Crippen LogP contribution in [0.4, 0.5) is 6.01 Å². The molecular weight excluding hydrogens is 340 g/mol. The fourth-order valence-electron chi connectivity index (χ4n) is 3.49. The maximum Gasteiger partial charge on any atom is 0.318 e. The molecule has 1 amide bonds. The van der Waals surface area contributed by atoms with Gasteiger partial charge in [-0.25, -0.2) is 0 Å². The largest absolute Gasteiger partial charge is 0.408 e. The third kappa shape index (κ3) is 4.67. The molecule has 1 atom stereocenters. The van der Waals surface area contributed by atoms with Crippen molar-refractivity contribution in [2.24, 2.45) is 5.92 Å². The van der Waals surface area contributed by atoms with Gasteiger partial charge in [-0.3, -0.25) is 4.79 Å². The van der Waals surface area contributed by atoms with E-state index < -0.39 is 0 Å². The molecule has 2 heterocycles. The van der Waals surface area contributed by atoms with Gasteiger partial charge in [-0.1, -0.05) is 63.1 Å². The first-order chi connectivity index (χ1) is 13.0. The Morgan fingerprint density at radius 3 is 2.26 bits per heavy atom. The first kappa shape index (κ1) is 19.4. The normalized spacial score (nSPS) is 16.2. The molecule has 1 fully saturated rings. The minimum Gasteiger partial charge on any atom is -0.408 e. The predicted molar refractivity (Wildman–Crippen MR) is 106 cm³/mol. The molecule has 6 heteroatoms. The van der Waals surface area contributed by atoms with Gasteiger partial charge in [-0.05, 0) is 17.4 Å². The topological polar surface area (TPSA) is 62.5 Å². The quantitative estimate of drug-likeness (QED) is 0.776. The number of aromatic nitrogens is 2. The molecule has 1 aromatic carbocycles. The van der Waals surface area contributed by atoms with Crippen molar-refractivity contribution in [3.05, 3.63) is 41.8 Å². The maximum absolute atomic E-state index is 12.9. The van der Waals surface area contributed by atoms with Crippen molar-refractivity contribution in [2.45, 2.75) is 46.0 Å².